The molecule has 1 aromatic heterocycles. The van der Waals surface area contributed by atoms with E-state index in [1.54, 1.807) is 30.2 Å². The van der Waals surface area contributed by atoms with Crippen LogP contribution in [-0.2, 0) is 11.3 Å². The molecular formula is C19H20N2O4. The van der Waals surface area contributed by atoms with Gasteiger partial charge in [-0.05, 0) is 36.1 Å². The molecule has 0 bridgehead atoms. The Morgan fingerprint density at radius 3 is 2.84 bits per heavy atom. The topological polar surface area (TPSA) is 76.6 Å². The van der Waals surface area contributed by atoms with Gasteiger partial charge in [0.1, 0.15) is 11.5 Å². The number of nitro benzene ring substituents is 1. The fraction of sp³-hybridized carbons (Fsp3) is 0.316. The molecule has 6 nitrogen and oxygen atoms in total. The highest BCUT2D eigenvalue weighted by atomic mass is 16.6. The quantitative estimate of drug-likeness (QED) is 0.453. The van der Waals surface area contributed by atoms with Crippen molar-refractivity contribution in [1.29, 1.82) is 0 Å². The van der Waals surface area contributed by atoms with Gasteiger partial charge in [0.15, 0.2) is 0 Å². The van der Waals surface area contributed by atoms with Gasteiger partial charge in [-0.2, -0.15) is 0 Å². The molecule has 0 aliphatic heterocycles. The molecule has 25 heavy (non-hydrogen) atoms. The Balaban J connectivity index is 1.59. The fourth-order valence-corrected chi connectivity index (χ4v) is 2.75. The molecule has 1 fully saturated rings. The summed E-state index contributed by atoms with van der Waals surface area (Å²) in [5.41, 5.74) is 0.610. The lowest BCUT2D eigenvalue weighted by atomic mass is 10.2. The molecule has 1 aliphatic carbocycles. The van der Waals surface area contributed by atoms with Gasteiger partial charge in [-0.3, -0.25) is 14.9 Å². The number of nitrogens with zero attached hydrogens (tertiary/aromatic N) is 2. The predicted octanol–water partition coefficient (Wildman–Crippen LogP) is 3.98. The summed E-state index contributed by atoms with van der Waals surface area (Å²) in [5.74, 6) is 2.76. The first kappa shape index (κ1) is 17.0. The van der Waals surface area contributed by atoms with Crippen LogP contribution in [0.3, 0.4) is 0 Å². The van der Waals surface area contributed by atoms with Crippen LogP contribution < -0.4 is 0 Å². The highest BCUT2D eigenvalue weighted by molar-refractivity contribution is 5.91. The zero-order valence-corrected chi connectivity index (χ0v) is 14.2. The van der Waals surface area contributed by atoms with Crippen LogP contribution in [0.15, 0.2) is 46.9 Å². The molecule has 0 radical (unpaired) electrons. The molecular weight excluding hydrogens is 320 g/mol. The number of furan rings is 1. The second kappa shape index (κ2) is 6.93. The van der Waals surface area contributed by atoms with Crippen LogP contribution in [0, 0.1) is 16.0 Å². The van der Waals surface area contributed by atoms with E-state index in [1.165, 1.54) is 18.2 Å². The average molecular weight is 340 g/mol. The number of hydrogen-bond donors (Lipinski definition) is 0. The molecule has 1 saturated carbocycles. The van der Waals surface area contributed by atoms with Gasteiger partial charge in [-0.1, -0.05) is 19.1 Å². The van der Waals surface area contributed by atoms with Crippen LogP contribution in [0.1, 0.15) is 36.3 Å². The Hall–Kier alpha value is -2.89. The van der Waals surface area contributed by atoms with Crippen LogP contribution in [0.25, 0.3) is 6.08 Å². The van der Waals surface area contributed by atoms with Crippen LogP contribution in [-0.4, -0.2) is 22.8 Å². The number of nitro groups is 1. The normalized spacial score (nSPS) is 19.1. The molecule has 1 aromatic carbocycles. The zero-order valence-electron chi connectivity index (χ0n) is 14.2. The molecule has 3 rings (SSSR count). The second-order valence-electron chi connectivity index (χ2n) is 6.50. The SMILES string of the molecule is CC1CC1c1ccc(CN(C)C(=O)/C=C/c2cccc([N+](=O)[O-])c2)o1. The van der Waals surface area contributed by atoms with Crippen molar-refractivity contribution in [2.45, 2.75) is 25.8 Å². The van der Waals surface area contributed by atoms with Gasteiger partial charge in [0, 0.05) is 31.2 Å². The molecule has 0 spiro atoms. The Kier molecular flexibility index (Phi) is 4.70. The summed E-state index contributed by atoms with van der Waals surface area (Å²) in [6.45, 7) is 2.58. The van der Waals surface area contributed by atoms with Gasteiger partial charge in [0.05, 0.1) is 11.5 Å². The lowest BCUT2D eigenvalue weighted by Crippen LogP contribution is -2.23. The molecule has 6 heteroatoms. The Morgan fingerprint density at radius 2 is 2.16 bits per heavy atom. The van der Waals surface area contributed by atoms with Gasteiger partial charge in [-0.15, -0.1) is 0 Å². The van der Waals surface area contributed by atoms with Crippen molar-refractivity contribution >= 4 is 17.7 Å². The van der Waals surface area contributed by atoms with E-state index in [9.17, 15) is 14.9 Å². The van der Waals surface area contributed by atoms with E-state index >= 15 is 0 Å². The maximum atomic E-state index is 12.2. The number of likely N-dealkylation sites (N-methyl/N-ethyl adjacent to an activating group) is 1. The zero-order chi connectivity index (χ0) is 18.0. The number of benzene rings is 1. The van der Waals surface area contributed by atoms with Crippen LogP contribution in [0.2, 0.25) is 0 Å². The van der Waals surface area contributed by atoms with Crippen LogP contribution in [0.5, 0.6) is 0 Å². The molecule has 130 valence electrons. The van der Waals surface area contributed by atoms with Gasteiger partial charge >= 0.3 is 0 Å². The van der Waals surface area contributed by atoms with Gasteiger partial charge < -0.3 is 9.32 Å². The summed E-state index contributed by atoms with van der Waals surface area (Å²) in [5, 5.41) is 10.8. The maximum Gasteiger partial charge on any atom is 0.270 e. The van der Waals surface area contributed by atoms with E-state index in [4.69, 9.17) is 4.42 Å². The second-order valence-corrected chi connectivity index (χ2v) is 6.50. The Bertz CT molecular complexity index is 824. The minimum atomic E-state index is -0.458. The highest BCUT2D eigenvalue weighted by Crippen LogP contribution is 2.47. The number of carbonyl (C=O) groups is 1. The lowest BCUT2D eigenvalue weighted by molar-refractivity contribution is -0.384. The molecule has 2 unspecified atom stereocenters. The number of carbonyl (C=O) groups excluding carboxylic acids is 1. The summed E-state index contributed by atoms with van der Waals surface area (Å²) in [6, 6.07) is 10.1. The third-order valence-electron chi connectivity index (χ3n) is 4.43. The Labute approximate surface area is 145 Å². The van der Waals surface area contributed by atoms with Crippen molar-refractivity contribution in [2.24, 2.45) is 5.92 Å². The molecule has 0 saturated heterocycles. The number of amides is 1. The minimum Gasteiger partial charge on any atom is -0.464 e. The average Bonchev–Trinajstić information content (AvgIpc) is 3.14. The van der Waals surface area contributed by atoms with Gasteiger partial charge in [0.25, 0.3) is 5.69 Å². The van der Waals surface area contributed by atoms with Crippen molar-refractivity contribution < 1.29 is 14.1 Å². The standard InChI is InChI=1S/C19H20N2O4/c1-13-10-17(13)18-8-7-16(25-18)12-20(2)19(22)9-6-14-4-3-5-15(11-14)21(23)24/h3-9,11,13,17H,10,12H2,1-2H3/b9-6+. The first-order chi connectivity index (χ1) is 11.9. The predicted molar refractivity (Wildman–Crippen MR) is 93.8 cm³/mol. The molecule has 1 amide bonds. The third kappa shape index (κ3) is 4.15. The smallest absolute Gasteiger partial charge is 0.270 e. The van der Waals surface area contributed by atoms with E-state index in [0.717, 1.165) is 17.9 Å². The van der Waals surface area contributed by atoms with Crippen molar-refractivity contribution in [2.75, 3.05) is 7.05 Å². The molecule has 2 atom stereocenters. The Morgan fingerprint density at radius 1 is 1.40 bits per heavy atom. The van der Waals surface area contributed by atoms with Crippen LogP contribution in [0.4, 0.5) is 5.69 Å². The number of non-ortho nitro benzene ring substituents is 1. The van der Waals surface area contributed by atoms with Gasteiger partial charge in [0.2, 0.25) is 5.91 Å². The molecule has 1 heterocycles. The summed E-state index contributed by atoms with van der Waals surface area (Å²) < 4.78 is 5.81. The fourth-order valence-electron chi connectivity index (χ4n) is 2.75. The van der Waals surface area contributed by atoms with E-state index in [2.05, 4.69) is 6.92 Å². The number of hydrogen-bond acceptors (Lipinski definition) is 4. The lowest BCUT2D eigenvalue weighted by Gasteiger charge is -2.13. The minimum absolute atomic E-state index is 0.000345. The van der Waals surface area contributed by atoms with E-state index in [-0.39, 0.29) is 11.6 Å². The largest absolute Gasteiger partial charge is 0.464 e. The monoisotopic (exact) mass is 340 g/mol. The molecule has 0 N–H and O–H groups in total. The third-order valence-corrected chi connectivity index (χ3v) is 4.43. The van der Waals surface area contributed by atoms with Crippen molar-refractivity contribution in [3.05, 3.63) is 69.7 Å². The summed E-state index contributed by atoms with van der Waals surface area (Å²) in [6.07, 6.45) is 4.14. The van der Waals surface area contributed by atoms with E-state index < -0.39 is 4.92 Å². The number of rotatable bonds is 6. The summed E-state index contributed by atoms with van der Waals surface area (Å²) >= 11 is 0. The maximum absolute atomic E-state index is 12.2. The highest BCUT2D eigenvalue weighted by Gasteiger charge is 2.36. The summed E-state index contributed by atoms with van der Waals surface area (Å²) in [7, 11) is 1.70. The van der Waals surface area contributed by atoms with E-state index in [1.807, 2.05) is 12.1 Å². The summed E-state index contributed by atoms with van der Waals surface area (Å²) in [4.78, 5) is 24.1. The first-order valence-corrected chi connectivity index (χ1v) is 8.20. The van der Waals surface area contributed by atoms with Crippen molar-refractivity contribution in [3.63, 3.8) is 0 Å². The van der Waals surface area contributed by atoms with Crippen molar-refractivity contribution in [1.82, 2.24) is 4.90 Å². The van der Waals surface area contributed by atoms with E-state index in [0.29, 0.717) is 23.9 Å². The molecule has 2 aromatic rings. The molecule has 1 aliphatic rings. The van der Waals surface area contributed by atoms with Crippen molar-refractivity contribution in [3.8, 4) is 0 Å². The first-order valence-electron chi connectivity index (χ1n) is 8.20. The van der Waals surface area contributed by atoms with Gasteiger partial charge in [-0.25, -0.2) is 0 Å². The van der Waals surface area contributed by atoms with Crippen LogP contribution >= 0.6 is 0 Å².